The van der Waals surface area contributed by atoms with Crippen LogP contribution in [0, 0.1) is 0 Å². The standard InChI is InChI=1S/4C4H4F6O.2Al.3FH.H2O.3Tl.2H/c4*1-2(11,3(5,6)7)4(8,9)10;;;;;;;;;;;/h4*11H,1H3;;;3*1H;1H2;;;;;/q;;;;;;;;;;;+1;+2;;/p-3. The molecule has 0 atom stereocenters. The first-order valence-electron chi connectivity index (χ1n) is 10.1. The molecule has 0 fully saturated rings. The molecule has 0 rings (SSSR count). The number of rotatable bonds is 0. The molecule has 5 radical (unpaired) electrons. The fourth-order valence-corrected chi connectivity index (χ4v) is 0.643. The molecule has 0 aromatic carbocycles. The molecule has 5 nitrogen and oxygen atoms in total. The second-order valence-electron chi connectivity index (χ2n) is 8.35. The van der Waals surface area contributed by atoms with Crippen LogP contribution in [0.5, 0.6) is 0 Å². The van der Waals surface area contributed by atoms with Gasteiger partial charge in [-0.15, -0.1) is 0 Å². The molecule has 0 amide bonds. The van der Waals surface area contributed by atoms with E-state index >= 15 is 0 Å². The van der Waals surface area contributed by atoms with Gasteiger partial charge in [-0.3, -0.25) is 0 Å². The largest absolute Gasteiger partial charge is 0 e. The Balaban J connectivity index is -0.0000000544. The van der Waals surface area contributed by atoms with Crippen molar-refractivity contribution < 1.29 is 139 Å². The minimum Gasteiger partial charge on any atom is 0 e. The minimum absolute atomic E-state index is 0. The van der Waals surface area contributed by atoms with Crippen LogP contribution in [0.15, 0.2) is 0 Å². The average molecular weight is 1470 g/mol. The summed E-state index contributed by atoms with van der Waals surface area (Å²) in [6.07, 6.45) is -45.5. The summed E-state index contributed by atoms with van der Waals surface area (Å²) in [5.74, 6) is 0. The number of alkyl halides is 24. The Morgan fingerprint density at radius 2 is 0.377 bits per heavy atom. The quantitative estimate of drug-likeness (QED) is 0.191. The zero-order chi connectivity index (χ0) is 42.7. The van der Waals surface area contributed by atoms with E-state index in [1.807, 2.05) is 0 Å². The van der Waals surface area contributed by atoms with E-state index in [2.05, 4.69) is 0 Å². The molecule has 6 N–H and O–H groups in total. The molecule has 0 saturated carbocycles. The molecule has 0 aromatic rings. The number of halogens is 27. The smallest absolute Gasteiger partial charge is 0 e. The van der Waals surface area contributed by atoms with Crippen LogP contribution in [-0.4, -0.2) is 212 Å². The molecule has 0 aromatic heterocycles. The Labute approximate surface area is 349 Å². The van der Waals surface area contributed by atoms with Crippen molar-refractivity contribution in [1.29, 1.82) is 0 Å². The first-order chi connectivity index (χ1) is 20.4. The Hall–Kier alpha value is 1.74. The van der Waals surface area contributed by atoms with Crippen molar-refractivity contribution in [2.75, 3.05) is 0 Å². The SMILES string of the molecule is CC(O)(C(F)(F)F)C(F)(F)F.CC(O)(C(F)(F)F)C(F)(F)F.CC(O)(C(F)(F)F)C(F)(F)F.CC(O)(C(F)(F)F)C(F)(F)F.O.[AlH2].[Al].[F][Tl].[F][Tl][F].[Tl]. The average Bonchev–Trinajstić information content (AvgIpc) is 2.76. The number of aliphatic hydroxyl groups is 4. The third-order valence-corrected chi connectivity index (χ3v) is 4.42. The van der Waals surface area contributed by atoms with Gasteiger partial charge in [0.2, 0.25) is 0 Å². The fourth-order valence-electron chi connectivity index (χ4n) is 0.643. The van der Waals surface area contributed by atoms with Gasteiger partial charge in [-0.1, -0.05) is 0 Å². The Morgan fingerprint density at radius 3 is 0.377 bits per heavy atom. The van der Waals surface area contributed by atoms with Gasteiger partial charge >= 0.3 is 109 Å². The molecule has 37 heteroatoms. The summed E-state index contributed by atoms with van der Waals surface area (Å²) in [7, 11) is 0. The fraction of sp³-hybridized carbons (Fsp3) is 1.00. The van der Waals surface area contributed by atoms with Crippen LogP contribution in [-0.2, 0) is 0 Å². The second-order valence-corrected chi connectivity index (χ2v) is 8.99. The summed E-state index contributed by atoms with van der Waals surface area (Å²) in [5.41, 5.74) is -18.5. The van der Waals surface area contributed by atoms with E-state index in [4.69, 9.17) is 20.4 Å². The maximum atomic E-state index is 11.4. The monoisotopic (exact) mass is 1470 g/mol. The predicted molar refractivity (Wildman–Crippen MR) is 129 cm³/mol. The molecule has 0 saturated heterocycles. The molecular formula is C16H20Al2F27O5Tl3. The molecule has 0 unspecified atom stereocenters. The first kappa shape index (κ1) is 79.0. The normalized spacial score (nSPS) is 12.9. The van der Waals surface area contributed by atoms with Gasteiger partial charge in [-0.05, 0) is 27.7 Å². The minimum atomic E-state index is -5.69. The van der Waals surface area contributed by atoms with E-state index in [9.17, 15) is 113 Å². The molecule has 0 heterocycles. The van der Waals surface area contributed by atoms with Crippen LogP contribution in [0.4, 0.5) is 113 Å². The van der Waals surface area contributed by atoms with E-state index < -0.39 is 97.3 Å². The van der Waals surface area contributed by atoms with E-state index in [1.165, 1.54) is 0 Å². The number of hydrogen-bond acceptors (Lipinski definition) is 4. The Morgan fingerprint density at radius 1 is 0.340 bits per heavy atom. The van der Waals surface area contributed by atoms with Gasteiger partial charge < -0.3 is 25.9 Å². The zero-order valence-electron chi connectivity index (χ0n) is 25.8. The van der Waals surface area contributed by atoms with Crippen molar-refractivity contribution in [2.24, 2.45) is 0 Å². The van der Waals surface area contributed by atoms with Crippen LogP contribution in [0.3, 0.4) is 0 Å². The molecule has 53 heavy (non-hydrogen) atoms. The van der Waals surface area contributed by atoms with Crippen LogP contribution in [0.1, 0.15) is 27.7 Å². The Bertz CT molecular complexity index is 696. The molecule has 0 bridgehead atoms. The van der Waals surface area contributed by atoms with Crippen molar-refractivity contribution in [3.8, 4) is 0 Å². The summed E-state index contributed by atoms with van der Waals surface area (Å²) in [5, 5.41) is 31.8. The van der Waals surface area contributed by atoms with E-state index in [-0.39, 0.29) is 122 Å². The molecule has 318 valence electrons. The van der Waals surface area contributed by atoms with Crippen molar-refractivity contribution in [3.05, 3.63) is 0 Å². The van der Waals surface area contributed by atoms with Gasteiger partial charge in [0.05, 0.1) is 0 Å². The third kappa shape index (κ3) is 26.5. The van der Waals surface area contributed by atoms with Gasteiger partial charge in [0.25, 0.3) is 22.4 Å². The summed E-state index contributed by atoms with van der Waals surface area (Å²) >= 11 is -3.33. The summed E-state index contributed by atoms with van der Waals surface area (Å²) in [4.78, 5) is 0. The van der Waals surface area contributed by atoms with Crippen LogP contribution in [0.25, 0.3) is 0 Å². The van der Waals surface area contributed by atoms with Crippen LogP contribution in [0.2, 0.25) is 0 Å². The number of hydrogen-bond donors (Lipinski definition) is 4. The molecule has 0 aliphatic heterocycles. The summed E-state index contributed by atoms with van der Waals surface area (Å²) in [6, 6.07) is 0. The van der Waals surface area contributed by atoms with Gasteiger partial charge in [-0.2, -0.15) is 105 Å². The molecular weight excluding hydrogens is 1450 g/mol. The third-order valence-electron chi connectivity index (χ3n) is 4.42. The second kappa shape index (κ2) is 26.8. The van der Waals surface area contributed by atoms with Gasteiger partial charge in [0, 0.05) is 44.7 Å². The van der Waals surface area contributed by atoms with E-state index in [0.717, 1.165) is 0 Å². The van der Waals surface area contributed by atoms with Crippen molar-refractivity contribution in [2.45, 2.75) is 99.5 Å². The summed E-state index contributed by atoms with van der Waals surface area (Å²) in [6.45, 7) is -1.36. The zero-order valence-corrected chi connectivity index (χ0v) is 42.4. The molecule has 0 aliphatic carbocycles. The van der Waals surface area contributed by atoms with Gasteiger partial charge in [0.15, 0.2) is 0 Å². The van der Waals surface area contributed by atoms with Gasteiger partial charge in [0.1, 0.15) is 17.4 Å². The first-order valence-corrected chi connectivity index (χ1v) is 15.2. The molecule has 0 aliphatic rings. The van der Waals surface area contributed by atoms with E-state index in [0.29, 0.717) is 0 Å². The van der Waals surface area contributed by atoms with Crippen LogP contribution < -0.4 is 0 Å². The summed E-state index contributed by atoms with van der Waals surface area (Å²) < 4.78 is 302. The van der Waals surface area contributed by atoms with E-state index in [1.54, 1.807) is 0 Å². The van der Waals surface area contributed by atoms with Crippen LogP contribution >= 0.6 is 0 Å². The van der Waals surface area contributed by atoms with Gasteiger partial charge in [-0.25, -0.2) is 0 Å². The molecule has 0 spiro atoms. The maximum absolute atomic E-state index is 11.4. The topological polar surface area (TPSA) is 112 Å². The Kier molecular flexibility index (Phi) is 39.9. The van der Waals surface area contributed by atoms with Crippen molar-refractivity contribution >= 4 is 114 Å². The maximum Gasteiger partial charge on any atom is 0 e. The van der Waals surface area contributed by atoms with Crippen molar-refractivity contribution in [3.63, 3.8) is 0 Å². The predicted octanol–water partition coefficient (Wildman–Crippen LogP) is 5.44. The van der Waals surface area contributed by atoms with Crippen molar-refractivity contribution in [1.82, 2.24) is 0 Å².